The molecule has 10 heteroatoms. The van der Waals surface area contributed by atoms with E-state index in [9.17, 15) is 35.1 Å². The summed E-state index contributed by atoms with van der Waals surface area (Å²) in [7, 11) is 0. The lowest BCUT2D eigenvalue weighted by Crippen LogP contribution is -2.53. The molecule has 0 aliphatic heterocycles. The van der Waals surface area contributed by atoms with E-state index in [-0.39, 0.29) is 6.42 Å². The number of hydrogen-bond donors (Lipinski definition) is 0. The van der Waals surface area contributed by atoms with Gasteiger partial charge in [0.1, 0.15) is 0 Å². The molecule has 0 aliphatic rings. The molecule has 0 aromatic carbocycles. The van der Waals surface area contributed by atoms with E-state index in [4.69, 9.17) is 0 Å². The molecule has 0 bridgehead atoms. The van der Waals surface area contributed by atoms with Crippen LogP contribution in [0.4, 0.5) is 0 Å². The summed E-state index contributed by atoms with van der Waals surface area (Å²) in [6.07, 6.45) is 7.27. The van der Waals surface area contributed by atoms with Gasteiger partial charge in [-0.1, -0.05) is 38.5 Å². The highest BCUT2D eigenvalue weighted by Gasteiger charge is 2.69. The molecule has 0 saturated carbocycles. The van der Waals surface area contributed by atoms with Crippen LogP contribution in [0.15, 0.2) is 0 Å². The maximum Gasteiger partial charge on any atom is 0.699 e. The Hall–Kier alpha value is -2.13. The van der Waals surface area contributed by atoms with E-state index in [2.05, 4.69) is 0 Å². The van der Waals surface area contributed by atoms with Gasteiger partial charge in [-0.25, -0.2) is 0 Å². The second-order valence-electron chi connectivity index (χ2n) is 5.02. The van der Waals surface area contributed by atoms with Crippen LogP contribution in [0.5, 0.6) is 0 Å². The summed E-state index contributed by atoms with van der Waals surface area (Å²) in [6.45, 7) is 0. The van der Waals surface area contributed by atoms with Crippen molar-refractivity contribution in [2.45, 2.75) is 70.0 Å². The molecule has 0 atom stereocenters. The molecule has 0 fully saturated rings. The van der Waals surface area contributed by atoms with Crippen molar-refractivity contribution < 1.29 is 19.6 Å². The average molecular weight is 318 g/mol. The molecule has 0 rings (SSSR count). The number of nitro groups is 3. The SMILES string of the molecule is O=[C]CCCCCCCCCCC([N+](=O)[O-])([N+](=O)[O-])[N+](=O)[O-]. The molecule has 22 heavy (non-hydrogen) atoms. The van der Waals surface area contributed by atoms with Gasteiger partial charge in [0.25, 0.3) is 0 Å². The summed E-state index contributed by atoms with van der Waals surface area (Å²) in [5, 5.41) is 32.1. The van der Waals surface area contributed by atoms with Gasteiger partial charge >= 0.3 is 5.79 Å². The smallest absolute Gasteiger partial charge is 0.291 e. The summed E-state index contributed by atoms with van der Waals surface area (Å²) < 4.78 is 0. The van der Waals surface area contributed by atoms with E-state index in [1.165, 1.54) is 0 Å². The van der Waals surface area contributed by atoms with E-state index in [0.29, 0.717) is 19.3 Å². The fourth-order valence-electron chi connectivity index (χ4n) is 2.09. The van der Waals surface area contributed by atoms with Crippen LogP contribution in [-0.2, 0) is 4.79 Å². The number of hydrogen-bond acceptors (Lipinski definition) is 7. The zero-order chi connectivity index (χ0) is 17.0. The minimum atomic E-state index is -3.33. The van der Waals surface area contributed by atoms with Gasteiger partial charge in [0.05, 0.1) is 0 Å². The van der Waals surface area contributed by atoms with Crippen molar-refractivity contribution in [3.63, 3.8) is 0 Å². The van der Waals surface area contributed by atoms with Crippen LogP contribution in [0.1, 0.15) is 64.2 Å². The van der Waals surface area contributed by atoms with Crippen LogP contribution >= 0.6 is 0 Å². The van der Waals surface area contributed by atoms with Crippen molar-refractivity contribution in [2.75, 3.05) is 0 Å². The Morgan fingerprint density at radius 3 is 1.41 bits per heavy atom. The number of nitrogens with zero attached hydrogens (tertiary/aromatic N) is 3. The lowest BCUT2D eigenvalue weighted by Gasteiger charge is -2.08. The molecular weight excluding hydrogens is 298 g/mol. The Morgan fingerprint density at radius 2 is 1.05 bits per heavy atom. The third kappa shape index (κ3) is 6.10. The molecule has 0 unspecified atom stereocenters. The first-order valence-electron chi connectivity index (χ1n) is 7.18. The van der Waals surface area contributed by atoms with E-state index >= 15 is 0 Å². The zero-order valence-electron chi connectivity index (χ0n) is 12.3. The number of unbranched alkanes of at least 4 members (excludes halogenated alkanes) is 8. The quantitative estimate of drug-likeness (QED) is 0.207. The molecule has 1 radical (unpaired) electrons. The molecule has 0 aromatic heterocycles. The average Bonchev–Trinajstić information content (AvgIpc) is 2.43. The molecule has 0 amide bonds. The van der Waals surface area contributed by atoms with Gasteiger partial charge in [0, 0.05) is 6.42 Å². The van der Waals surface area contributed by atoms with Gasteiger partial charge in [0.2, 0.25) is 0 Å². The van der Waals surface area contributed by atoms with Crippen LogP contribution in [0.25, 0.3) is 0 Å². The Labute approximate surface area is 127 Å². The predicted octanol–water partition coefficient (Wildman–Crippen LogP) is 2.48. The van der Waals surface area contributed by atoms with Gasteiger partial charge in [-0.3, -0.25) is 35.1 Å². The summed E-state index contributed by atoms with van der Waals surface area (Å²) in [5.41, 5.74) is 0. The molecule has 10 nitrogen and oxygen atoms in total. The standard InChI is InChI=1S/C12H20N3O7/c16-11-9-7-5-3-1-2-4-6-8-10-12(13(17)18,14(19)20)15(21)22/h1-10H2. The maximum absolute atomic E-state index is 10.7. The summed E-state index contributed by atoms with van der Waals surface area (Å²) in [4.78, 5) is 37.7. The second-order valence-corrected chi connectivity index (χ2v) is 5.02. The molecule has 0 spiro atoms. The third-order valence-corrected chi connectivity index (χ3v) is 3.42. The highest BCUT2D eigenvalue weighted by Crippen LogP contribution is 2.21. The van der Waals surface area contributed by atoms with E-state index in [1.54, 1.807) is 0 Å². The van der Waals surface area contributed by atoms with Gasteiger partial charge in [-0.05, 0) is 12.8 Å². The molecule has 0 N–H and O–H groups in total. The maximum atomic E-state index is 10.7. The predicted molar refractivity (Wildman–Crippen MR) is 75.6 cm³/mol. The molecule has 0 heterocycles. The second kappa shape index (κ2) is 10.6. The summed E-state index contributed by atoms with van der Waals surface area (Å²) >= 11 is 0. The minimum Gasteiger partial charge on any atom is -0.291 e. The highest BCUT2D eigenvalue weighted by molar-refractivity contribution is 5.50. The summed E-state index contributed by atoms with van der Waals surface area (Å²) in [5.74, 6) is -3.33. The normalized spacial score (nSPS) is 11.1. The first kappa shape index (κ1) is 19.9. The Bertz CT molecular complexity index is 364. The lowest BCUT2D eigenvalue weighted by molar-refractivity contribution is -0.970. The Balaban J connectivity index is 3.97. The fraction of sp³-hybridized carbons (Fsp3) is 0.917. The number of rotatable bonds is 14. The van der Waals surface area contributed by atoms with Crippen LogP contribution in [0, 0.1) is 30.3 Å². The van der Waals surface area contributed by atoms with E-state index in [0.717, 1.165) is 32.1 Å². The first-order chi connectivity index (χ1) is 10.4. The van der Waals surface area contributed by atoms with Crippen LogP contribution in [0.2, 0.25) is 0 Å². The topological polar surface area (TPSA) is 146 Å². The fourth-order valence-corrected chi connectivity index (χ4v) is 2.09. The van der Waals surface area contributed by atoms with Crippen molar-refractivity contribution in [2.24, 2.45) is 0 Å². The minimum absolute atomic E-state index is 0.0586. The van der Waals surface area contributed by atoms with Crippen LogP contribution < -0.4 is 0 Å². The molecule has 125 valence electrons. The molecular formula is C12H20N3O7. The van der Waals surface area contributed by atoms with Gasteiger partial charge in [-0.2, -0.15) is 0 Å². The number of carbonyl (C=O) groups excluding carboxylic acids is 1. The monoisotopic (exact) mass is 318 g/mol. The van der Waals surface area contributed by atoms with E-state index < -0.39 is 27.0 Å². The van der Waals surface area contributed by atoms with E-state index in [1.807, 2.05) is 6.29 Å². The molecule has 0 aliphatic carbocycles. The molecule has 0 saturated heterocycles. The zero-order valence-corrected chi connectivity index (χ0v) is 12.3. The molecule has 0 aromatic rings. The Morgan fingerprint density at radius 1 is 0.682 bits per heavy atom. The van der Waals surface area contributed by atoms with Crippen molar-refractivity contribution in [1.82, 2.24) is 0 Å². The Kier molecular flexibility index (Phi) is 9.55. The van der Waals surface area contributed by atoms with Crippen molar-refractivity contribution >= 4 is 6.29 Å². The van der Waals surface area contributed by atoms with Gasteiger partial charge < -0.3 is 0 Å². The van der Waals surface area contributed by atoms with Crippen LogP contribution in [0.3, 0.4) is 0 Å². The summed E-state index contributed by atoms with van der Waals surface area (Å²) in [6, 6.07) is 0. The highest BCUT2D eigenvalue weighted by atomic mass is 16.7. The third-order valence-electron chi connectivity index (χ3n) is 3.42. The van der Waals surface area contributed by atoms with Gasteiger partial charge in [-0.15, -0.1) is 0 Å². The first-order valence-corrected chi connectivity index (χ1v) is 7.18. The van der Waals surface area contributed by atoms with Crippen molar-refractivity contribution in [3.05, 3.63) is 30.3 Å². The van der Waals surface area contributed by atoms with Crippen molar-refractivity contribution in [1.29, 1.82) is 0 Å². The largest absolute Gasteiger partial charge is 0.699 e. The lowest BCUT2D eigenvalue weighted by atomic mass is 10.0. The van der Waals surface area contributed by atoms with Gasteiger partial charge in [0.15, 0.2) is 27.5 Å². The van der Waals surface area contributed by atoms with Crippen LogP contribution in [-0.4, -0.2) is 26.8 Å². The van der Waals surface area contributed by atoms with Crippen molar-refractivity contribution in [3.8, 4) is 0 Å².